The number of carbonyl (C=O) groups is 2. The molecule has 1 heterocycles. The lowest BCUT2D eigenvalue weighted by atomic mass is 10.2. The summed E-state index contributed by atoms with van der Waals surface area (Å²) in [5, 5.41) is 2.45. The predicted octanol–water partition coefficient (Wildman–Crippen LogP) is 2.45. The lowest BCUT2D eigenvalue weighted by molar-refractivity contribution is 0.0522. The number of ketones is 1. The summed E-state index contributed by atoms with van der Waals surface area (Å²) >= 11 is 0. The van der Waals surface area contributed by atoms with Gasteiger partial charge in [-0.15, -0.1) is 0 Å². The second-order valence-electron chi connectivity index (χ2n) is 5.07. The van der Waals surface area contributed by atoms with Crippen molar-refractivity contribution in [1.82, 2.24) is 10.3 Å². The molecule has 0 radical (unpaired) electrons. The first-order valence-corrected chi connectivity index (χ1v) is 5.81. The molecule has 0 bridgehead atoms. The van der Waals surface area contributed by atoms with Crippen molar-refractivity contribution in [2.45, 2.75) is 39.8 Å². The molecule has 0 atom stereocenters. The van der Waals surface area contributed by atoms with Crippen LogP contribution in [-0.2, 0) is 11.3 Å². The van der Waals surface area contributed by atoms with Gasteiger partial charge in [-0.1, -0.05) is 0 Å². The molecule has 1 aromatic heterocycles. The van der Waals surface area contributed by atoms with Gasteiger partial charge in [-0.05, 0) is 26.8 Å². The third kappa shape index (κ3) is 5.46. The summed E-state index contributed by atoms with van der Waals surface area (Å²) in [6.45, 7) is 6.50. The van der Waals surface area contributed by atoms with Crippen LogP contribution in [0.1, 0.15) is 43.9 Å². The zero-order valence-electron chi connectivity index (χ0n) is 11.4. The van der Waals surface area contributed by atoms with Crippen LogP contribution in [0.5, 0.6) is 0 Å². The molecule has 0 saturated carbocycles. The highest BCUT2D eigenvalue weighted by atomic mass is 19.1. The predicted molar refractivity (Wildman–Crippen MR) is 67.3 cm³/mol. The fourth-order valence-corrected chi connectivity index (χ4v) is 1.30. The molecule has 19 heavy (non-hydrogen) atoms. The Bertz CT molecular complexity index is 495. The van der Waals surface area contributed by atoms with Crippen molar-refractivity contribution >= 4 is 11.9 Å². The van der Waals surface area contributed by atoms with Crippen LogP contribution in [0.15, 0.2) is 12.1 Å². The van der Waals surface area contributed by atoms with E-state index in [9.17, 15) is 14.0 Å². The van der Waals surface area contributed by atoms with Crippen molar-refractivity contribution in [2.24, 2.45) is 0 Å². The molecule has 0 aromatic carbocycles. The normalized spacial score (nSPS) is 11.0. The zero-order valence-corrected chi connectivity index (χ0v) is 11.4. The van der Waals surface area contributed by atoms with E-state index in [4.69, 9.17) is 4.74 Å². The van der Waals surface area contributed by atoms with Crippen molar-refractivity contribution in [3.8, 4) is 0 Å². The van der Waals surface area contributed by atoms with Gasteiger partial charge in [0, 0.05) is 13.0 Å². The number of nitrogens with one attached hydrogen (secondary N) is 1. The number of alkyl carbamates (subject to hydrolysis) is 1. The first-order chi connectivity index (χ1) is 8.67. The topological polar surface area (TPSA) is 68.3 Å². The number of halogens is 1. The SMILES string of the molecule is CC(=O)c1cc(F)cc(CNC(=O)OC(C)(C)C)n1. The number of pyridine rings is 1. The van der Waals surface area contributed by atoms with Gasteiger partial charge in [-0.25, -0.2) is 14.2 Å². The van der Waals surface area contributed by atoms with Crippen molar-refractivity contribution in [3.05, 3.63) is 29.3 Å². The first-order valence-electron chi connectivity index (χ1n) is 5.81. The van der Waals surface area contributed by atoms with E-state index in [1.165, 1.54) is 6.92 Å². The number of ether oxygens (including phenoxy) is 1. The zero-order chi connectivity index (χ0) is 14.6. The Labute approximate surface area is 111 Å². The van der Waals surface area contributed by atoms with Gasteiger partial charge in [0.05, 0.1) is 12.2 Å². The highest BCUT2D eigenvalue weighted by Crippen LogP contribution is 2.08. The minimum Gasteiger partial charge on any atom is -0.444 e. The quantitative estimate of drug-likeness (QED) is 0.855. The van der Waals surface area contributed by atoms with Crippen LogP contribution >= 0.6 is 0 Å². The molecule has 0 fully saturated rings. The Morgan fingerprint density at radius 2 is 2.00 bits per heavy atom. The number of hydrogen-bond donors (Lipinski definition) is 1. The van der Waals surface area contributed by atoms with E-state index >= 15 is 0 Å². The lowest BCUT2D eigenvalue weighted by Gasteiger charge is -2.19. The first kappa shape index (κ1) is 15.1. The second kappa shape index (κ2) is 5.77. The van der Waals surface area contributed by atoms with E-state index in [-0.39, 0.29) is 23.7 Å². The fraction of sp³-hybridized carbons (Fsp3) is 0.462. The maximum absolute atomic E-state index is 13.2. The summed E-state index contributed by atoms with van der Waals surface area (Å²) < 4.78 is 18.3. The standard InChI is InChI=1S/C13H17FN2O3/c1-8(17)11-6-9(14)5-10(16-11)7-15-12(18)19-13(2,3)4/h5-6H,7H2,1-4H3,(H,15,18). The van der Waals surface area contributed by atoms with Crippen LogP contribution in [0.4, 0.5) is 9.18 Å². The number of hydrogen-bond acceptors (Lipinski definition) is 4. The highest BCUT2D eigenvalue weighted by molar-refractivity contribution is 5.92. The molecule has 0 aliphatic heterocycles. The molecule has 1 aromatic rings. The van der Waals surface area contributed by atoms with Crippen molar-refractivity contribution in [1.29, 1.82) is 0 Å². The smallest absolute Gasteiger partial charge is 0.407 e. The summed E-state index contributed by atoms with van der Waals surface area (Å²) in [6, 6.07) is 2.21. The van der Waals surface area contributed by atoms with Crippen molar-refractivity contribution < 1.29 is 18.7 Å². The number of rotatable bonds is 3. The number of carbonyl (C=O) groups excluding carboxylic acids is 2. The van der Waals surface area contributed by atoms with E-state index in [2.05, 4.69) is 10.3 Å². The maximum Gasteiger partial charge on any atom is 0.407 e. The van der Waals surface area contributed by atoms with E-state index in [1.54, 1.807) is 20.8 Å². The van der Waals surface area contributed by atoms with Crippen LogP contribution < -0.4 is 5.32 Å². The minimum absolute atomic E-state index is 0.00699. The maximum atomic E-state index is 13.2. The van der Waals surface area contributed by atoms with Gasteiger partial charge in [0.2, 0.25) is 0 Å². The summed E-state index contributed by atoms with van der Waals surface area (Å²) in [4.78, 5) is 26.5. The Morgan fingerprint density at radius 1 is 1.37 bits per heavy atom. The number of amides is 1. The Kier molecular flexibility index (Phi) is 4.58. The van der Waals surface area contributed by atoms with E-state index in [1.807, 2.05) is 0 Å². The molecular formula is C13H17FN2O3. The average Bonchev–Trinajstić information content (AvgIpc) is 2.23. The summed E-state index contributed by atoms with van der Waals surface area (Å²) in [5.41, 5.74) is -0.318. The van der Waals surface area contributed by atoms with Crippen LogP contribution in [0.25, 0.3) is 0 Å². The van der Waals surface area contributed by atoms with Crippen LogP contribution in [0.3, 0.4) is 0 Å². The Hall–Kier alpha value is -1.98. The van der Waals surface area contributed by atoms with Crippen molar-refractivity contribution in [2.75, 3.05) is 0 Å². The summed E-state index contributed by atoms with van der Waals surface area (Å²) in [6.07, 6.45) is -0.622. The molecule has 6 heteroatoms. The minimum atomic E-state index is -0.622. The summed E-state index contributed by atoms with van der Waals surface area (Å²) in [5.74, 6) is -0.904. The van der Waals surface area contributed by atoms with E-state index in [0.29, 0.717) is 0 Å². The van der Waals surface area contributed by atoms with Gasteiger partial charge in [-0.3, -0.25) is 4.79 Å². The molecule has 104 valence electrons. The Morgan fingerprint density at radius 3 is 2.53 bits per heavy atom. The van der Waals surface area contributed by atoms with Crippen LogP contribution in [-0.4, -0.2) is 22.5 Å². The molecule has 5 nitrogen and oxygen atoms in total. The second-order valence-corrected chi connectivity index (χ2v) is 5.07. The highest BCUT2D eigenvalue weighted by Gasteiger charge is 2.16. The van der Waals surface area contributed by atoms with Crippen LogP contribution in [0.2, 0.25) is 0 Å². The van der Waals surface area contributed by atoms with Gasteiger partial charge in [0.15, 0.2) is 5.78 Å². The molecule has 0 aliphatic carbocycles. The monoisotopic (exact) mass is 268 g/mol. The molecule has 1 amide bonds. The van der Waals surface area contributed by atoms with Gasteiger partial charge in [-0.2, -0.15) is 0 Å². The molecule has 0 aliphatic rings. The van der Waals surface area contributed by atoms with Crippen LogP contribution in [0, 0.1) is 5.82 Å². The molecule has 0 spiro atoms. The lowest BCUT2D eigenvalue weighted by Crippen LogP contribution is -2.32. The number of Topliss-reactive ketones (excluding diaryl/α,β-unsaturated/α-hetero) is 1. The molecule has 1 rings (SSSR count). The van der Waals surface area contributed by atoms with Crippen molar-refractivity contribution in [3.63, 3.8) is 0 Å². The molecule has 0 unspecified atom stereocenters. The van der Waals surface area contributed by atoms with Gasteiger partial charge in [0.25, 0.3) is 0 Å². The van der Waals surface area contributed by atoms with Gasteiger partial charge < -0.3 is 10.1 Å². The van der Waals surface area contributed by atoms with E-state index in [0.717, 1.165) is 12.1 Å². The average molecular weight is 268 g/mol. The van der Waals surface area contributed by atoms with Gasteiger partial charge in [0.1, 0.15) is 17.1 Å². The third-order valence-electron chi connectivity index (χ3n) is 2.02. The number of nitrogens with zero attached hydrogens (tertiary/aromatic N) is 1. The fourth-order valence-electron chi connectivity index (χ4n) is 1.30. The Balaban J connectivity index is 2.68. The molecular weight excluding hydrogens is 251 g/mol. The summed E-state index contributed by atoms with van der Waals surface area (Å²) in [7, 11) is 0. The molecule has 0 saturated heterocycles. The third-order valence-corrected chi connectivity index (χ3v) is 2.02. The van der Waals surface area contributed by atoms with Gasteiger partial charge >= 0.3 is 6.09 Å². The molecule has 1 N–H and O–H groups in total. The number of aromatic nitrogens is 1. The largest absolute Gasteiger partial charge is 0.444 e. The van der Waals surface area contributed by atoms with E-state index < -0.39 is 17.5 Å².